The lowest BCUT2D eigenvalue weighted by atomic mass is 10.0. The molecule has 0 aliphatic carbocycles. The largest absolute Gasteiger partial charge is 0.495 e. The Bertz CT molecular complexity index is 1300. The highest BCUT2D eigenvalue weighted by Crippen LogP contribution is 2.40. The number of ether oxygens (including phenoxy) is 1. The van der Waals surface area contributed by atoms with Crippen LogP contribution < -0.4 is 21.1 Å². The normalized spacial score (nSPS) is 11.3. The molecule has 0 fully saturated rings. The van der Waals surface area contributed by atoms with Gasteiger partial charge in [-0.25, -0.2) is 9.97 Å². The summed E-state index contributed by atoms with van der Waals surface area (Å²) in [4.78, 5) is 13.4. The second-order valence-electron chi connectivity index (χ2n) is 8.43. The maximum atomic E-state index is 6.60. The number of nitrogens with two attached hydrogens (primary N) is 2. The average Bonchev–Trinajstić information content (AvgIpc) is 3.15. The van der Waals surface area contributed by atoms with Gasteiger partial charge in [0.1, 0.15) is 5.75 Å². The third kappa shape index (κ3) is 4.17. The Balaban J connectivity index is 1.77. The molecule has 0 radical (unpaired) electrons. The minimum atomic E-state index is 0.539. The van der Waals surface area contributed by atoms with E-state index < -0.39 is 0 Å². The van der Waals surface area contributed by atoms with Gasteiger partial charge >= 0.3 is 0 Å². The van der Waals surface area contributed by atoms with Crippen molar-refractivity contribution in [2.75, 3.05) is 51.2 Å². The fraction of sp³-hybridized carbons (Fsp3) is 0.280. The van der Waals surface area contributed by atoms with Crippen molar-refractivity contribution in [3.8, 4) is 17.0 Å². The van der Waals surface area contributed by atoms with Gasteiger partial charge < -0.3 is 30.6 Å². The smallest absolute Gasteiger partial charge is 0.230 e. The predicted octanol–water partition coefficient (Wildman–Crippen LogP) is 3.68. The highest BCUT2D eigenvalue weighted by atomic mass is 16.5. The first kappa shape index (κ1) is 22.4. The molecule has 0 saturated heterocycles. The van der Waals surface area contributed by atoms with Crippen molar-refractivity contribution in [3.63, 3.8) is 0 Å². The van der Waals surface area contributed by atoms with E-state index in [0.717, 1.165) is 40.0 Å². The van der Waals surface area contributed by atoms with Crippen molar-refractivity contribution in [2.24, 2.45) is 7.05 Å². The number of nitrogens with zero attached hydrogens (tertiary/aromatic N) is 5. The second kappa shape index (κ2) is 8.99. The van der Waals surface area contributed by atoms with E-state index in [1.54, 1.807) is 13.3 Å². The SMILES string of the molecule is COc1cc(N(C)c2nccc(-c3cn(C)c4ccccc34)n2)c(N)c(CCN(C)C)c1N. The molecule has 8 heteroatoms. The lowest BCUT2D eigenvalue weighted by Crippen LogP contribution is -2.19. The average molecular weight is 446 g/mol. The topological polar surface area (TPSA) is 98.5 Å². The first-order valence-corrected chi connectivity index (χ1v) is 10.8. The van der Waals surface area contributed by atoms with E-state index in [1.165, 1.54) is 0 Å². The molecule has 0 bridgehead atoms. The van der Waals surface area contributed by atoms with Gasteiger partial charge in [0.25, 0.3) is 0 Å². The number of aromatic nitrogens is 3. The summed E-state index contributed by atoms with van der Waals surface area (Å²) < 4.78 is 7.66. The van der Waals surface area contributed by atoms with Gasteiger partial charge in [0.2, 0.25) is 5.95 Å². The molecule has 0 aliphatic rings. The van der Waals surface area contributed by atoms with E-state index in [2.05, 4.69) is 32.8 Å². The highest BCUT2D eigenvalue weighted by Gasteiger charge is 2.20. The molecular weight excluding hydrogens is 414 g/mol. The number of anilines is 4. The van der Waals surface area contributed by atoms with Gasteiger partial charge in [-0.2, -0.15) is 0 Å². The van der Waals surface area contributed by atoms with Crippen LogP contribution >= 0.6 is 0 Å². The lowest BCUT2D eigenvalue weighted by molar-refractivity contribution is 0.409. The zero-order valence-electron chi connectivity index (χ0n) is 19.8. The fourth-order valence-electron chi connectivity index (χ4n) is 4.09. The number of hydrogen-bond acceptors (Lipinski definition) is 7. The van der Waals surface area contributed by atoms with Crippen molar-refractivity contribution in [1.29, 1.82) is 0 Å². The molecular formula is C25H31N7O. The van der Waals surface area contributed by atoms with E-state index in [-0.39, 0.29) is 0 Å². The van der Waals surface area contributed by atoms with Crippen LogP contribution in [-0.4, -0.2) is 54.2 Å². The number of hydrogen-bond donors (Lipinski definition) is 2. The number of rotatable bonds is 7. The Kier molecular flexibility index (Phi) is 6.11. The molecule has 0 aliphatic heterocycles. The molecule has 4 aromatic rings. The Morgan fingerprint density at radius 2 is 1.82 bits per heavy atom. The van der Waals surface area contributed by atoms with Crippen molar-refractivity contribution in [1.82, 2.24) is 19.4 Å². The molecule has 8 nitrogen and oxygen atoms in total. The monoisotopic (exact) mass is 445 g/mol. The van der Waals surface area contributed by atoms with Crippen molar-refractivity contribution >= 4 is 33.9 Å². The van der Waals surface area contributed by atoms with Crippen LogP contribution in [0.5, 0.6) is 5.75 Å². The van der Waals surface area contributed by atoms with E-state index in [0.29, 0.717) is 29.5 Å². The second-order valence-corrected chi connectivity index (χ2v) is 8.43. The molecule has 0 saturated carbocycles. The predicted molar refractivity (Wildman–Crippen MR) is 136 cm³/mol. The summed E-state index contributed by atoms with van der Waals surface area (Å²) in [5, 5.41) is 1.15. The van der Waals surface area contributed by atoms with Crippen LogP contribution in [0.2, 0.25) is 0 Å². The fourth-order valence-corrected chi connectivity index (χ4v) is 4.09. The van der Waals surface area contributed by atoms with Crippen LogP contribution in [0.3, 0.4) is 0 Å². The number of likely N-dealkylation sites (N-methyl/N-ethyl adjacent to an activating group) is 1. The van der Waals surface area contributed by atoms with Crippen LogP contribution in [0.15, 0.2) is 48.8 Å². The summed E-state index contributed by atoms with van der Waals surface area (Å²) in [6.45, 7) is 0.817. The lowest BCUT2D eigenvalue weighted by Gasteiger charge is -2.24. The zero-order valence-corrected chi connectivity index (χ0v) is 19.8. The molecule has 0 amide bonds. The summed E-state index contributed by atoms with van der Waals surface area (Å²) in [6.07, 6.45) is 4.57. The van der Waals surface area contributed by atoms with Gasteiger partial charge in [-0.15, -0.1) is 0 Å². The first-order valence-electron chi connectivity index (χ1n) is 10.8. The van der Waals surface area contributed by atoms with Crippen LogP contribution in [0, 0.1) is 0 Å². The van der Waals surface area contributed by atoms with Gasteiger partial charge in [0.05, 0.1) is 29.9 Å². The first-order chi connectivity index (χ1) is 15.8. The summed E-state index contributed by atoms with van der Waals surface area (Å²) in [5.41, 5.74) is 18.8. The molecule has 172 valence electrons. The van der Waals surface area contributed by atoms with Crippen LogP contribution in [0.4, 0.5) is 23.0 Å². The minimum Gasteiger partial charge on any atom is -0.495 e. The highest BCUT2D eigenvalue weighted by molar-refractivity contribution is 5.95. The Hall–Kier alpha value is -3.78. The number of para-hydroxylation sites is 1. The van der Waals surface area contributed by atoms with Gasteiger partial charge in [-0.3, -0.25) is 0 Å². The number of methoxy groups -OCH3 is 1. The summed E-state index contributed by atoms with van der Waals surface area (Å²) in [6, 6.07) is 12.1. The molecule has 0 atom stereocenters. The number of benzene rings is 2. The summed E-state index contributed by atoms with van der Waals surface area (Å²) >= 11 is 0. The summed E-state index contributed by atoms with van der Waals surface area (Å²) in [7, 11) is 9.59. The standard InChI is InChI=1S/C25H31N7O/c1-30(2)13-11-17-23(26)21(14-22(33-5)24(17)27)32(4)25-28-12-10-19(29-25)18-15-31(3)20-9-7-6-8-16(18)20/h6-10,12,14-15H,11,13,26-27H2,1-5H3. The molecule has 0 spiro atoms. The molecule has 2 heterocycles. The zero-order chi connectivity index (χ0) is 23.7. The molecule has 33 heavy (non-hydrogen) atoms. The maximum absolute atomic E-state index is 6.60. The van der Waals surface area contributed by atoms with Crippen LogP contribution in [0.1, 0.15) is 5.56 Å². The third-order valence-corrected chi connectivity index (χ3v) is 5.97. The van der Waals surface area contributed by atoms with Crippen molar-refractivity contribution in [3.05, 3.63) is 54.4 Å². The van der Waals surface area contributed by atoms with Gasteiger partial charge in [0.15, 0.2) is 0 Å². The summed E-state index contributed by atoms with van der Waals surface area (Å²) in [5.74, 6) is 1.13. The molecule has 4 rings (SSSR count). The maximum Gasteiger partial charge on any atom is 0.230 e. The number of nitrogen functional groups attached to an aromatic ring is 2. The van der Waals surface area contributed by atoms with E-state index in [1.807, 2.05) is 57.4 Å². The van der Waals surface area contributed by atoms with Crippen LogP contribution in [-0.2, 0) is 13.5 Å². The van der Waals surface area contributed by atoms with Crippen molar-refractivity contribution in [2.45, 2.75) is 6.42 Å². The molecule has 0 unspecified atom stereocenters. The van der Waals surface area contributed by atoms with E-state index >= 15 is 0 Å². The molecule has 2 aromatic carbocycles. The van der Waals surface area contributed by atoms with E-state index in [9.17, 15) is 0 Å². The third-order valence-electron chi connectivity index (χ3n) is 5.97. The Morgan fingerprint density at radius 1 is 1.06 bits per heavy atom. The van der Waals surface area contributed by atoms with Crippen molar-refractivity contribution < 1.29 is 4.74 Å². The molecule has 2 aromatic heterocycles. The minimum absolute atomic E-state index is 0.539. The number of aryl methyl sites for hydroxylation is 1. The number of fused-ring (bicyclic) bond motifs is 1. The van der Waals surface area contributed by atoms with Crippen LogP contribution in [0.25, 0.3) is 22.2 Å². The van der Waals surface area contributed by atoms with Gasteiger partial charge in [-0.05, 0) is 32.6 Å². The quantitative estimate of drug-likeness (QED) is 0.419. The molecule has 4 N–H and O–H groups in total. The Morgan fingerprint density at radius 3 is 2.55 bits per heavy atom. The Labute approximate surface area is 194 Å². The van der Waals surface area contributed by atoms with E-state index in [4.69, 9.17) is 21.2 Å². The van der Waals surface area contributed by atoms with Gasteiger partial charge in [-0.1, -0.05) is 18.2 Å². The van der Waals surface area contributed by atoms with Gasteiger partial charge in [0, 0.05) is 61.1 Å².